The molecule has 0 aliphatic carbocycles. The third-order valence-electron chi connectivity index (χ3n) is 3.02. The molecule has 7 heteroatoms. The summed E-state index contributed by atoms with van der Waals surface area (Å²) in [6.07, 6.45) is 2.14. The van der Waals surface area contributed by atoms with Crippen LogP contribution in [0.3, 0.4) is 0 Å². The molecular weight excluding hydrogens is 290 g/mol. The van der Waals surface area contributed by atoms with E-state index in [4.69, 9.17) is 22.1 Å². The van der Waals surface area contributed by atoms with E-state index in [0.717, 1.165) is 19.4 Å². The van der Waals surface area contributed by atoms with Gasteiger partial charge in [0.05, 0.1) is 16.7 Å². The molecule has 2 rings (SSSR count). The van der Waals surface area contributed by atoms with E-state index < -0.39 is 0 Å². The van der Waals surface area contributed by atoms with Gasteiger partial charge in [-0.1, -0.05) is 17.7 Å². The molecule has 1 aromatic carbocycles. The number of halogens is 1. The number of hydrogen-bond donors (Lipinski definition) is 1. The van der Waals surface area contributed by atoms with Crippen molar-refractivity contribution in [3.8, 4) is 11.4 Å². The quantitative estimate of drug-likeness (QED) is 0.628. The number of benzene rings is 1. The number of nitrogens with zero attached hydrogens (tertiary/aromatic N) is 4. The number of unbranched alkanes of at least 4 members (excludes halogenated alkanes) is 1. The van der Waals surface area contributed by atoms with E-state index in [1.807, 2.05) is 13.8 Å². The Morgan fingerprint density at radius 3 is 2.86 bits per heavy atom. The topological polar surface area (TPSA) is 78.8 Å². The summed E-state index contributed by atoms with van der Waals surface area (Å²) in [4.78, 5) is 0. The van der Waals surface area contributed by atoms with Crippen molar-refractivity contribution in [3.05, 3.63) is 23.2 Å². The molecule has 0 radical (unpaired) electrons. The Hall–Kier alpha value is -1.66. The molecule has 0 fully saturated rings. The molecule has 0 saturated carbocycles. The Balaban J connectivity index is 2.02. The molecule has 0 bridgehead atoms. The molecule has 0 saturated heterocycles. The fraction of sp³-hybridized carbons (Fsp3) is 0.500. The first-order valence-corrected chi connectivity index (χ1v) is 7.39. The zero-order valence-electron chi connectivity index (χ0n) is 12.3. The smallest absolute Gasteiger partial charge is 0.185 e. The Kier molecular flexibility index (Phi) is 5.52. The third-order valence-corrected chi connectivity index (χ3v) is 3.33. The Morgan fingerprint density at radius 1 is 1.33 bits per heavy atom. The number of ether oxygens (including phenoxy) is 1. The number of aryl methyl sites for hydroxylation is 1. The van der Waals surface area contributed by atoms with Gasteiger partial charge in [-0.25, -0.2) is 4.68 Å². The van der Waals surface area contributed by atoms with Crippen LogP contribution in [0.4, 0.5) is 5.69 Å². The van der Waals surface area contributed by atoms with Gasteiger partial charge in [-0.05, 0) is 49.2 Å². The number of hydrogen-bond acceptors (Lipinski definition) is 5. The van der Waals surface area contributed by atoms with Gasteiger partial charge in [0, 0.05) is 18.8 Å². The lowest BCUT2D eigenvalue weighted by molar-refractivity contribution is 0.0753. The summed E-state index contributed by atoms with van der Waals surface area (Å²) < 4.78 is 7.24. The van der Waals surface area contributed by atoms with E-state index in [1.165, 1.54) is 0 Å². The molecular formula is C14H20ClN5O. The minimum absolute atomic E-state index is 0.261. The van der Waals surface area contributed by atoms with Crippen LogP contribution in [0.2, 0.25) is 5.02 Å². The van der Waals surface area contributed by atoms with Gasteiger partial charge in [0.15, 0.2) is 5.82 Å². The monoisotopic (exact) mass is 309 g/mol. The fourth-order valence-corrected chi connectivity index (χ4v) is 2.26. The van der Waals surface area contributed by atoms with Gasteiger partial charge in [0.25, 0.3) is 0 Å². The van der Waals surface area contributed by atoms with Crippen molar-refractivity contribution in [2.24, 2.45) is 0 Å². The van der Waals surface area contributed by atoms with E-state index >= 15 is 0 Å². The zero-order chi connectivity index (χ0) is 15.2. The van der Waals surface area contributed by atoms with Gasteiger partial charge >= 0.3 is 0 Å². The van der Waals surface area contributed by atoms with Crippen LogP contribution in [0.15, 0.2) is 18.2 Å². The van der Waals surface area contributed by atoms with Gasteiger partial charge in [-0.15, -0.1) is 5.10 Å². The molecule has 0 aliphatic rings. The van der Waals surface area contributed by atoms with Crippen LogP contribution >= 0.6 is 11.6 Å². The average molecular weight is 310 g/mol. The Labute approximate surface area is 129 Å². The first-order valence-electron chi connectivity index (χ1n) is 7.01. The van der Waals surface area contributed by atoms with Crippen LogP contribution in [0.5, 0.6) is 0 Å². The summed E-state index contributed by atoms with van der Waals surface area (Å²) in [6, 6.07) is 5.37. The van der Waals surface area contributed by atoms with E-state index in [0.29, 0.717) is 28.6 Å². The molecule has 0 atom stereocenters. The molecule has 114 valence electrons. The average Bonchev–Trinajstić information content (AvgIpc) is 2.86. The number of anilines is 1. The lowest BCUT2D eigenvalue weighted by atomic mass is 10.1. The summed E-state index contributed by atoms with van der Waals surface area (Å²) in [7, 11) is 0. The summed E-state index contributed by atoms with van der Waals surface area (Å²) in [5, 5.41) is 12.3. The Bertz CT molecular complexity index is 564. The highest BCUT2D eigenvalue weighted by Crippen LogP contribution is 2.31. The molecule has 0 amide bonds. The van der Waals surface area contributed by atoms with Gasteiger partial charge in [0.1, 0.15) is 0 Å². The van der Waals surface area contributed by atoms with Crippen LogP contribution in [0.1, 0.15) is 26.7 Å². The zero-order valence-corrected chi connectivity index (χ0v) is 13.0. The highest BCUT2D eigenvalue weighted by Gasteiger charge is 2.15. The highest BCUT2D eigenvalue weighted by molar-refractivity contribution is 6.33. The summed E-state index contributed by atoms with van der Waals surface area (Å²) in [5.41, 5.74) is 7.23. The van der Waals surface area contributed by atoms with Crippen molar-refractivity contribution in [1.29, 1.82) is 0 Å². The number of tetrazole rings is 1. The molecule has 6 nitrogen and oxygen atoms in total. The van der Waals surface area contributed by atoms with Gasteiger partial charge in [-0.3, -0.25) is 0 Å². The molecule has 1 heterocycles. The predicted molar refractivity (Wildman–Crippen MR) is 83.0 cm³/mol. The molecule has 1 aromatic heterocycles. The predicted octanol–water partition coefficient (Wildman–Crippen LogP) is 2.78. The van der Waals surface area contributed by atoms with E-state index in [-0.39, 0.29) is 6.10 Å². The largest absolute Gasteiger partial charge is 0.398 e. The van der Waals surface area contributed by atoms with Crippen LogP contribution in [0.25, 0.3) is 11.4 Å². The van der Waals surface area contributed by atoms with Gasteiger partial charge in [-0.2, -0.15) is 0 Å². The maximum Gasteiger partial charge on any atom is 0.185 e. The first kappa shape index (κ1) is 15.7. The second kappa shape index (κ2) is 7.38. The number of rotatable bonds is 7. The van der Waals surface area contributed by atoms with Gasteiger partial charge < -0.3 is 10.5 Å². The molecule has 2 N–H and O–H groups in total. The fourth-order valence-electron chi connectivity index (χ4n) is 1.99. The normalized spacial score (nSPS) is 11.2. The van der Waals surface area contributed by atoms with E-state index in [2.05, 4.69) is 15.5 Å². The third kappa shape index (κ3) is 4.15. The van der Waals surface area contributed by atoms with Crippen LogP contribution in [0, 0.1) is 0 Å². The van der Waals surface area contributed by atoms with Crippen LogP contribution < -0.4 is 5.73 Å². The number of nitrogens with two attached hydrogens (primary N) is 1. The molecule has 0 unspecified atom stereocenters. The SMILES string of the molecule is CC(C)OCCCCn1nnnc1-c1c(N)cccc1Cl. The highest BCUT2D eigenvalue weighted by atomic mass is 35.5. The molecule has 21 heavy (non-hydrogen) atoms. The van der Waals surface area contributed by atoms with Crippen molar-refractivity contribution in [2.45, 2.75) is 39.3 Å². The number of nitrogen functional groups attached to an aromatic ring is 1. The summed E-state index contributed by atoms with van der Waals surface area (Å²) in [5.74, 6) is 0.600. The maximum absolute atomic E-state index is 6.20. The van der Waals surface area contributed by atoms with E-state index in [9.17, 15) is 0 Å². The lowest BCUT2D eigenvalue weighted by Gasteiger charge is -2.09. The molecule has 0 aliphatic heterocycles. The molecule has 2 aromatic rings. The van der Waals surface area contributed by atoms with E-state index in [1.54, 1.807) is 22.9 Å². The maximum atomic E-state index is 6.20. The minimum atomic E-state index is 0.261. The standard InChI is InChI=1S/C14H20ClN5O/c1-10(2)21-9-4-3-8-20-14(17-18-19-20)13-11(15)6-5-7-12(13)16/h5-7,10H,3-4,8-9,16H2,1-2H3. The van der Waals surface area contributed by atoms with Crippen molar-refractivity contribution in [2.75, 3.05) is 12.3 Å². The van der Waals surface area contributed by atoms with Crippen LogP contribution in [-0.4, -0.2) is 32.9 Å². The Morgan fingerprint density at radius 2 is 2.14 bits per heavy atom. The van der Waals surface area contributed by atoms with Crippen molar-refractivity contribution in [1.82, 2.24) is 20.2 Å². The molecule has 0 spiro atoms. The summed E-state index contributed by atoms with van der Waals surface area (Å²) in [6.45, 7) is 5.50. The lowest BCUT2D eigenvalue weighted by Crippen LogP contribution is -2.08. The second-order valence-corrected chi connectivity index (χ2v) is 5.46. The van der Waals surface area contributed by atoms with Gasteiger partial charge in [0.2, 0.25) is 0 Å². The summed E-state index contributed by atoms with van der Waals surface area (Å²) >= 11 is 6.20. The van der Waals surface area contributed by atoms with Crippen molar-refractivity contribution in [3.63, 3.8) is 0 Å². The minimum Gasteiger partial charge on any atom is -0.398 e. The van der Waals surface area contributed by atoms with Crippen molar-refractivity contribution >= 4 is 17.3 Å². The van der Waals surface area contributed by atoms with Crippen molar-refractivity contribution < 1.29 is 4.74 Å². The first-order chi connectivity index (χ1) is 10.1. The number of aromatic nitrogens is 4. The second-order valence-electron chi connectivity index (χ2n) is 5.06. The van der Waals surface area contributed by atoms with Crippen LogP contribution in [-0.2, 0) is 11.3 Å².